The molecule has 1 heterocycles. The summed E-state index contributed by atoms with van der Waals surface area (Å²) in [5.74, 6) is 0.977. The summed E-state index contributed by atoms with van der Waals surface area (Å²) < 4.78 is 0. The number of hydrogen-bond acceptors (Lipinski definition) is 4. The smallest absolute Gasteiger partial charge is 0.131 e. The van der Waals surface area contributed by atoms with E-state index in [4.69, 9.17) is 5.73 Å². The van der Waals surface area contributed by atoms with Crippen LogP contribution < -0.4 is 10.6 Å². The van der Waals surface area contributed by atoms with Gasteiger partial charge in [0.05, 0.1) is 0 Å². The third-order valence-electron chi connectivity index (χ3n) is 2.82. The van der Waals surface area contributed by atoms with Gasteiger partial charge in [0.1, 0.15) is 12.1 Å². The van der Waals surface area contributed by atoms with Crippen molar-refractivity contribution in [1.29, 1.82) is 0 Å². The standard InChI is InChI=1S/C13H24N4/c1-5-6-11-7-12(16-10-15-11)17(4)9-13(2,3)8-14/h7,10H,5-6,8-9,14H2,1-4H3. The van der Waals surface area contributed by atoms with Gasteiger partial charge in [0, 0.05) is 25.4 Å². The lowest BCUT2D eigenvalue weighted by Crippen LogP contribution is -2.37. The molecule has 0 aliphatic heterocycles. The van der Waals surface area contributed by atoms with Gasteiger partial charge in [-0.15, -0.1) is 0 Å². The molecule has 1 aromatic rings. The van der Waals surface area contributed by atoms with Crippen molar-refractivity contribution in [1.82, 2.24) is 9.97 Å². The summed E-state index contributed by atoms with van der Waals surface area (Å²) in [6.45, 7) is 8.05. The number of aryl methyl sites for hydroxylation is 1. The molecule has 0 aliphatic rings. The first-order valence-corrected chi connectivity index (χ1v) is 6.20. The first-order chi connectivity index (χ1) is 7.98. The van der Waals surface area contributed by atoms with Crippen LogP contribution in [-0.4, -0.2) is 30.1 Å². The Morgan fingerprint density at radius 1 is 1.35 bits per heavy atom. The van der Waals surface area contributed by atoms with Gasteiger partial charge in [-0.2, -0.15) is 0 Å². The first-order valence-electron chi connectivity index (χ1n) is 6.20. The van der Waals surface area contributed by atoms with Gasteiger partial charge in [-0.3, -0.25) is 0 Å². The third-order valence-corrected chi connectivity index (χ3v) is 2.82. The normalized spacial score (nSPS) is 11.6. The zero-order valence-corrected chi connectivity index (χ0v) is 11.4. The largest absolute Gasteiger partial charge is 0.359 e. The summed E-state index contributed by atoms with van der Waals surface area (Å²) in [4.78, 5) is 10.7. The minimum atomic E-state index is 0.102. The van der Waals surface area contributed by atoms with Gasteiger partial charge < -0.3 is 10.6 Å². The van der Waals surface area contributed by atoms with Gasteiger partial charge in [0.25, 0.3) is 0 Å². The van der Waals surface area contributed by atoms with Crippen LogP contribution in [0.3, 0.4) is 0 Å². The van der Waals surface area contributed by atoms with Crippen molar-refractivity contribution in [3.63, 3.8) is 0 Å². The number of rotatable bonds is 6. The molecule has 4 heteroatoms. The quantitative estimate of drug-likeness (QED) is 0.819. The molecular formula is C13H24N4. The summed E-state index contributed by atoms with van der Waals surface area (Å²) in [5, 5.41) is 0. The maximum atomic E-state index is 5.75. The molecule has 0 bridgehead atoms. The summed E-state index contributed by atoms with van der Waals surface area (Å²) in [6.07, 6.45) is 3.75. The molecule has 1 rings (SSSR count). The molecule has 2 N–H and O–H groups in total. The molecule has 0 atom stereocenters. The van der Waals surface area contributed by atoms with E-state index >= 15 is 0 Å². The van der Waals surface area contributed by atoms with Crippen molar-refractivity contribution in [2.45, 2.75) is 33.6 Å². The molecule has 4 nitrogen and oxygen atoms in total. The molecule has 0 saturated carbocycles. The molecular weight excluding hydrogens is 212 g/mol. The summed E-state index contributed by atoms with van der Waals surface area (Å²) in [5.41, 5.74) is 6.96. The highest BCUT2D eigenvalue weighted by Gasteiger charge is 2.19. The number of nitrogens with zero attached hydrogens (tertiary/aromatic N) is 3. The lowest BCUT2D eigenvalue weighted by molar-refractivity contribution is 0.384. The summed E-state index contributed by atoms with van der Waals surface area (Å²) in [6, 6.07) is 2.07. The fraction of sp³-hybridized carbons (Fsp3) is 0.692. The van der Waals surface area contributed by atoms with E-state index in [0.717, 1.165) is 30.9 Å². The van der Waals surface area contributed by atoms with Crippen LogP contribution in [0, 0.1) is 5.41 Å². The highest BCUT2D eigenvalue weighted by molar-refractivity contribution is 5.38. The average Bonchev–Trinajstić information content (AvgIpc) is 2.29. The topological polar surface area (TPSA) is 55.0 Å². The van der Waals surface area contributed by atoms with Crippen LogP contribution in [0.4, 0.5) is 5.82 Å². The SMILES string of the molecule is CCCc1cc(N(C)CC(C)(C)CN)ncn1. The zero-order valence-electron chi connectivity index (χ0n) is 11.4. The predicted octanol–water partition coefficient (Wildman–Crippen LogP) is 1.85. The van der Waals surface area contributed by atoms with Gasteiger partial charge in [-0.1, -0.05) is 27.2 Å². The molecule has 1 aromatic heterocycles. The second kappa shape index (κ2) is 5.96. The van der Waals surface area contributed by atoms with Crippen molar-refractivity contribution in [3.8, 4) is 0 Å². The summed E-state index contributed by atoms with van der Waals surface area (Å²) >= 11 is 0. The number of nitrogens with two attached hydrogens (primary N) is 1. The van der Waals surface area contributed by atoms with Crippen LogP contribution in [0.1, 0.15) is 32.9 Å². The van der Waals surface area contributed by atoms with E-state index in [1.807, 2.05) is 0 Å². The van der Waals surface area contributed by atoms with E-state index in [2.05, 4.69) is 48.8 Å². The maximum Gasteiger partial charge on any atom is 0.131 e. The van der Waals surface area contributed by atoms with Gasteiger partial charge in [-0.05, 0) is 18.4 Å². The van der Waals surface area contributed by atoms with E-state index in [0.29, 0.717) is 6.54 Å². The molecule has 17 heavy (non-hydrogen) atoms. The maximum absolute atomic E-state index is 5.75. The monoisotopic (exact) mass is 236 g/mol. The molecule has 0 saturated heterocycles. The Labute approximate surface area is 104 Å². The molecule has 0 fully saturated rings. The Hall–Kier alpha value is -1.16. The average molecular weight is 236 g/mol. The number of aromatic nitrogens is 2. The Morgan fingerprint density at radius 3 is 2.65 bits per heavy atom. The Morgan fingerprint density at radius 2 is 2.06 bits per heavy atom. The second-order valence-electron chi connectivity index (χ2n) is 5.34. The van der Waals surface area contributed by atoms with E-state index in [1.165, 1.54) is 0 Å². The minimum Gasteiger partial charge on any atom is -0.359 e. The number of anilines is 1. The highest BCUT2D eigenvalue weighted by atomic mass is 15.2. The summed E-state index contributed by atoms with van der Waals surface area (Å²) in [7, 11) is 2.05. The fourth-order valence-corrected chi connectivity index (χ4v) is 1.77. The van der Waals surface area contributed by atoms with Gasteiger partial charge in [0.2, 0.25) is 0 Å². The van der Waals surface area contributed by atoms with Crippen LogP contribution >= 0.6 is 0 Å². The zero-order chi connectivity index (χ0) is 12.9. The molecule has 0 amide bonds. The predicted molar refractivity (Wildman–Crippen MR) is 72.1 cm³/mol. The van der Waals surface area contributed by atoms with Gasteiger partial charge in [0.15, 0.2) is 0 Å². The van der Waals surface area contributed by atoms with Crippen molar-refractivity contribution in [2.75, 3.05) is 25.0 Å². The van der Waals surface area contributed by atoms with Crippen LogP contribution in [0.5, 0.6) is 0 Å². The van der Waals surface area contributed by atoms with E-state index in [9.17, 15) is 0 Å². The highest BCUT2D eigenvalue weighted by Crippen LogP contribution is 2.18. The van der Waals surface area contributed by atoms with Crippen molar-refractivity contribution >= 4 is 5.82 Å². The molecule has 0 radical (unpaired) electrons. The Balaban J connectivity index is 2.74. The fourth-order valence-electron chi connectivity index (χ4n) is 1.77. The molecule has 0 aliphatic carbocycles. The lowest BCUT2D eigenvalue weighted by atomic mass is 9.93. The van der Waals surface area contributed by atoms with Crippen LogP contribution in [0.15, 0.2) is 12.4 Å². The molecule has 0 spiro atoms. The lowest BCUT2D eigenvalue weighted by Gasteiger charge is -2.29. The van der Waals surface area contributed by atoms with E-state index < -0.39 is 0 Å². The minimum absolute atomic E-state index is 0.102. The first kappa shape index (κ1) is 13.9. The van der Waals surface area contributed by atoms with Crippen LogP contribution in [0.25, 0.3) is 0 Å². The molecule has 0 unspecified atom stereocenters. The van der Waals surface area contributed by atoms with E-state index in [-0.39, 0.29) is 5.41 Å². The molecule has 96 valence electrons. The Kier molecular flexibility index (Phi) is 4.87. The van der Waals surface area contributed by atoms with Crippen molar-refractivity contribution in [2.24, 2.45) is 11.1 Å². The van der Waals surface area contributed by atoms with Crippen LogP contribution in [0.2, 0.25) is 0 Å². The number of hydrogen-bond donors (Lipinski definition) is 1. The Bertz CT molecular complexity index is 349. The van der Waals surface area contributed by atoms with Crippen LogP contribution in [-0.2, 0) is 6.42 Å². The van der Waals surface area contributed by atoms with Crippen molar-refractivity contribution in [3.05, 3.63) is 18.1 Å². The van der Waals surface area contributed by atoms with Crippen molar-refractivity contribution < 1.29 is 0 Å². The van der Waals surface area contributed by atoms with Gasteiger partial charge >= 0.3 is 0 Å². The molecule has 0 aromatic carbocycles. The van der Waals surface area contributed by atoms with E-state index in [1.54, 1.807) is 6.33 Å². The second-order valence-corrected chi connectivity index (χ2v) is 5.34. The van der Waals surface area contributed by atoms with Gasteiger partial charge in [-0.25, -0.2) is 9.97 Å². The third kappa shape index (κ3) is 4.30.